The molecule has 0 saturated heterocycles. The lowest BCUT2D eigenvalue weighted by atomic mass is 10.2. The van der Waals surface area contributed by atoms with E-state index in [2.05, 4.69) is 4.72 Å². The number of fused-ring (bicyclic) bond motifs is 1. The summed E-state index contributed by atoms with van der Waals surface area (Å²) in [6.07, 6.45) is -4.68. The first-order valence-electron chi connectivity index (χ1n) is 7.42. The number of para-hydroxylation sites is 1. The molecular formula is C16H13ClF3NO4S. The highest BCUT2D eigenvalue weighted by Gasteiger charge is 2.32. The van der Waals surface area contributed by atoms with Crippen LogP contribution >= 0.6 is 11.6 Å². The lowest BCUT2D eigenvalue weighted by molar-refractivity contribution is -0.137. The van der Waals surface area contributed by atoms with E-state index in [0.717, 1.165) is 12.1 Å². The van der Waals surface area contributed by atoms with Crippen molar-refractivity contribution in [2.45, 2.75) is 17.6 Å². The molecule has 0 aromatic heterocycles. The quantitative estimate of drug-likeness (QED) is 0.841. The van der Waals surface area contributed by atoms with Gasteiger partial charge in [0, 0.05) is 12.1 Å². The zero-order valence-corrected chi connectivity index (χ0v) is 14.7. The molecule has 0 bridgehead atoms. The SMILES string of the molecule is O=S(=O)(NCc1cccc2c1OCCO2)c1cc(C(F)(F)F)ccc1Cl. The van der Waals surface area contributed by atoms with Gasteiger partial charge in [0.15, 0.2) is 11.5 Å². The number of halogens is 4. The van der Waals surface area contributed by atoms with Crippen molar-refractivity contribution in [1.29, 1.82) is 0 Å². The number of hydrogen-bond donors (Lipinski definition) is 1. The number of rotatable bonds is 4. The second-order valence-corrected chi connectivity index (χ2v) is 7.55. The smallest absolute Gasteiger partial charge is 0.416 e. The van der Waals surface area contributed by atoms with E-state index in [9.17, 15) is 21.6 Å². The van der Waals surface area contributed by atoms with E-state index in [4.69, 9.17) is 21.1 Å². The molecule has 5 nitrogen and oxygen atoms in total. The molecule has 0 atom stereocenters. The van der Waals surface area contributed by atoms with Crippen LogP contribution in [0.25, 0.3) is 0 Å². The van der Waals surface area contributed by atoms with Crippen molar-refractivity contribution < 1.29 is 31.1 Å². The molecule has 0 amide bonds. The molecule has 2 aromatic carbocycles. The average Bonchev–Trinajstić information content (AvgIpc) is 2.59. The fraction of sp³-hybridized carbons (Fsp3) is 0.250. The Morgan fingerprint density at radius 2 is 1.85 bits per heavy atom. The fourth-order valence-electron chi connectivity index (χ4n) is 2.41. The summed E-state index contributed by atoms with van der Waals surface area (Å²) in [6, 6.07) is 7.10. The lowest BCUT2D eigenvalue weighted by Gasteiger charge is -2.21. The zero-order valence-electron chi connectivity index (χ0n) is 13.1. The number of ether oxygens (including phenoxy) is 2. The molecule has 1 heterocycles. The Hall–Kier alpha value is -1.97. The van der Waals surface area contributed by atoms with Crippen LogP contribution in [0.15, 0.2) is 41.3 Å². The molecule has 140 valence electrons. The van der Waals surface area contributed by atoms with E-state index < -0.39 is 26.7 Å². The number of sulfonamides is 1. The van der Waals surface area contributed by atoms with Crippen LogP contribution < -0.4 is 14.2 Å². The van der Waals surface area contributed by atoms with Gasteiger partial charge in [0.05, 0.1) is 10.6 Å². The van der Waals surface area contributed by atoms with E-state index >= 15 is 0 Å². The molecule has 0 spiro atoms. The van der Waals surface area contributed by atoms with Gasteiger partial charge in [-0.1, -0.05) is 23.7 Å². The van der Waals surface area contributed by atoms with Gasteiger partial charge in [0.25, 0.3) is 0 Å². The van der Waals surface area contributed by atoms with Gasteiger partial charge < -0.3 is 9.47 Å². The van der Waals surface area contributed by atoms with Crippen LogP contribution in [0.5, 0.6) is 11.5 Å². The standard InChI is InChI=1S/C16H13ClF3NO4S/c17-12-5-4-11(16(18,19)20)8-14(12)26(22,23)21-9-10-2-1-3-13-15(10)25-7-6-24-13/h1-5,8,21H,6-7,9H2. The van der Waals surface area contributed by atoms with Gasteiger partial charge in [-0.25, -0.2) is 13.1 Å². The minimum atomic E-state index is -4.68. The summed E-state index contributed by atoms with van der Waals surface area (Å²) in [5.74, 6) is 0.877. The second-order valence-electron chi connectivity index (χ2n) is 5.41. The molecule has 0 unspecified atom stereocenters. The maximum Gasteiger partial charge on any atom is 0.416 e. The summed E-state index contributed by atoms with van der Waals surface area (Å²) in [4.78, 5) is -0.643. The van der Waals surface area contributed by atoms with E-state index in [1.54, 1.807) is 18.2 Å². The number of alkyl halides is 3. The van der Waals surface area contributed by atoms with Crippen molar-refractivity contribution in [2.75, 3.05) is 13.2 Å². The van der Waals surface area contributed by atoms with Crippen molar-refractivity contribution in [1.82, 2.24) is 4.72 Å². The van der Waals surface area contributed by atoms with Gasteiger partial charge in [-0.3, -0.25) is 0 Å². The monoisotopic (exact) mass is 407 g/mol. The van der Waals surface area contributed by atoms with Gasteiger partial charge in [0.2, 0.25) is 10.0 Å². The highest BCUT2D eigenvalue weighted by molar-refractivity contribution is 7.89. The summed E-state index contributed by atoms with van der Waals surface area (Å²) >= 11 is 5.80. The summed E-state index contributed by atoms with van der Waals surface area (Å²) in [5, 5.41) is -0.305. The molecule has 2 aromatic rings. The Balaban J connectivity index is 1.87. The molecule has 1 aliphatic heterocycles. The summed E-state index contributed by atoms with van der Waals surface area (Å²) in [6.45, 7) is 0.500. The summed E-state index contributed by atoms with van der Waals surface area (Å²) < 4.78 is 76.5. The van der Waals surface area contributed by atoms with Crippen molar-refractivity contribution in [3.8, 4) is 11.5 Å². The van der Waals surface area contributed by atoms with E-state index in [1.807, 2.05) is 0 Å². The maximum atomic E-state index is 12.8. The van der Waals surface area contributed by atoms with Gasteiger partial charge >= 0.3 is 6.18 Å². The van der Waals surface area contributed by atoms with Gasteiger partial charge in [-0.15, -0.1) is 0 Å². The van der Waals surface area contributed by atoms with Crippen LogP contribution in [0.1, 0.15) is 11.1 Å². The molecule has 0 radical (unpaired) electrons. The lowest BCUT2D eigenvalue weighted by Crippen LogP contribution is -2.25. The highest BCUT2D eigenvalue weighted by atomic mass is 35.5. The highest BCUT2D eigenvalue weighted by Crippen LogP contribution is 2.35. The third-order valence-electron chi connectivity index (χ3n) is 3.65. The topological polar surface area (TPSA) is 64.6 Å². The first-order chi connectivity index (χ1) is 12.2. The van der Waals surface area contributed by atoms with Crippen molar-refractivity contribution in [2.24, 2.45) is 0 Å². The van der Waals surface area contributed by atoms with Crippen molar-refractivity contribution >= 4 is 21.6 Å². The summed E-state index contributed by atoms with van der Waals surface area (Å²) in [7, 11) is -4.28. The zero-order chi connectivity index (χ0) is 18.9. The molecule has 1 N–H and O–H groups in total. The molecule has 10 heteroatoms. The van der Waals surface area contributed by atoms with Crippen LogP contribution in [0.2, 0.25) is 5.02 Å². The maximum absolute atomic E-state index is 12.8. The fourth-order valence-corrected chi connectivity index (χ4v) is 3.94. The molecule has 0 fully saturated rings. The molecule has 0 saturated carbocycles. The third kappa shape index (κ3) is 3.89. The third-order valence-corrected chi connectivity index (χ3v) is 5.53. The first-order valence-corrected chi connectivity index (χ1v) is 9.28. The van der Waals surface area contributed by atoms with E-state index in [-0.39, 0.29) is 11.6 Å². The van der Waals surface area contributed by atoms with Gasteiger partial charge in [-0.05, 0) is 24.3 Å². The Morgan fingerprint density at radius 3 is 2.58 bits per heavy atom. The molecule has 0 aliphatic carbocycles. The summed E-state index contributed by atoms with van der Waals surface area (Å²) in [5.41, 5.74) is -0.607. The molecule has 3 rings (SSSR count). The second kappa shape index (κ2) is 6.98. The predicted octanol–water partition coefficient (Wildman–Crippen LogP) is 3.61. The predicted molar refractivity (Wildman–Crippen MR) is 87.9 cm³/mol. The van der Waals surface area contributed by atoms with Gasteiger partial charge in [-0.2, -0.15) is 13.2 Å². The van der Waals surface area contributed by atoms with Gasteiger partial charge in [0.1, 0.15) is 18.1 Å². The van der Waals surface area contributed by atoms with E-state index in [1.165, 1.54) is 0 Å². The largest absolute Gasteiger partial charge is 0.486 e. The number of nitrogens with one attached hydrogen (secondary N) is 1. The Kier molecular flexibility index (Phi) is 5.05. The molecular weight excluding hydrogens is 395 g/mol. The molecule has 1 aliphatic rings. The minimum absolute atomic E-state index is 0.193. The minimum Gasteiger partial charge on any atom is -0.486 e. The van der Waals surface area contributed by atoms with Crippen LogP contribution in [-0.4, -0.2) is 21.6 Å². The van der Waals surface area contributed by atoms with Crippen molar-refractivity contribution in [3.63, 3.8) is 0 Å². The Bertz CT molecular complexity index is 932. The van der Waals surface area contributed by atoms with Crippen molar-refractivity contribution in [3.05, 3.63) is 52.5 Å². The Labute approximate surface area is 152 Å². The van der Waals surface area contributed by atoms with Crippen LogP contribution in [0.3, 0.4) is 0 Å². The average molecular weight is 408 g/mol. The number of benzene rings is 2. The Morgan fingerprint density at radius 1 is 1.12 bits per heavy atom. The molecule has 26 heavy (non-hydrogen) atoms. The van der Waals surface area contributed by atoms with Crippen LogP contribution in [0.4, 0.5) is 13.2 Å². The number of hydrogen-bond acceptors (Lipinski definition) is 4. The van der Waals surface area contributed by atoms with Crippen LogP contribution in [0, 0.1) is 0 Å². The van der Waals surface area contributed by atoms with Crippen LogP contribution in [-0.2, 0) is 22.7 Å². The first kappa shape index (κ1) is 18.8. The van der Waals surface area contributed by atoms with E-state index in [0.29, 0.717) is 36.3 Å². The normalized spacial score (nSPS) is 14.3.